The Morgan fingerprint density at radius 1 is 1.00 bits per heavy atom. The van der Waals surface area contributed by atoms with Crippen molar-refractivity contribution < 1.29 is 20.4 Å². The fraction of sp³-hybridized carbons (Fsp3) is 1.00. The molecule has 0 fully saturated rings. The van der Waals surface area contributed by atoms with E-state index >= 15 is 0 Å². The maximum atomic E-state index is 9.30. The minimum Gasteiger partial charge on any atom is -0.394 e. The Balaban J connectivity index is 3.31. The molecule has 3 atom stereocenters. The van der Waals surface area contributed by atoms with Gasteiger partial charge in [0.1, 0.15) is 0 Å². The van der Waals surface area contributed by atoms with E-state index < -0.39 is 18.3 Å². The normalized spacial score (nSPS) is 18.2. The van der Waals surface area contributed by atoms with Gasteiger partial charge in [-0.2, -0.15) is 0 Å². The van der Waals surface area contributed by atoms with Crippen molar-refractivity contribution in [3.8, 4) is 0 Å². The van der Waals surface area contributed by atoms with E-state index in [0.717, 1.165) is 0 Å². The largest absolute Gasteiger partial charge is 0.394 e. The van der Waals surface area contributed by atoms with Crippen molar-refractivity contribution in [2.75, 3.05) is 6.61 Å². The standard InChI is InChI=1S/C9H20O4/c1-7(11)5-8(12)3-2-4-9(13)6-10/h7-13H,2-6H2,1H3. The molecule has 0 aromatic heterocycles. The quantitative estimate of drug-likeness (QED) is 0.444. The summed E-state index contributed by atoms with van der Waals surface area (Å²) < 4.78 is 0. The van der Waals surface area contributed by atoms with Gasteiger partial charge >= 0.3 is 0 Å². The smallest absolute Gasteiger partial charge is 0.0771 e. The van der Waals surface area contributed by atoms with Gasteiger partial charge in [-0.1, -0.05) is 0 Å². The highest BCUT2D eigenvalue weighted by Gasteiger charge is 2.09. The van der Waals surface area contributed by atoms with Gasteiger partial charge < -0.3 is 20.4 Å². The summed E-state index contributed by atoms with van der Waals surface area (Å²) in [6, 6.07) is 0. The molecule has 0 aliphatic heterocycles. The molecule has 0 bridgehead atoms. The molecule has 0 aromatic carbocycles. The Hall–Kier alpha value is -0.160. The Morgan fingerprint density at radius 2 is 1.54 bits per heavy atom. The van der Waals surface area contributed by atoms with Crippen molar-refractivity contribution >= 4 is 0 Å². The van der Waals surface area contributed by atoms with Crippen LogP contribution in [-0.4, -0.2) is 45.3 Å². The summed E-state index contributed by atoms with van der Waals surface area (Å²) in [6.07, 6.45) is 0.405. The van der Waals surface area contributed by atoms with Crippen LogP contribution in [0.15, 0.2) is 0 Å². The molecule has 13 heavy (non-hydrogen) atoms. The first-order valence-corrected chi connectivity index (χ1v) is 4.71. The van der Waals surface area contributed by atoms with Crippen LogP contribution in [0.4, 0.5) is 0 Å². The second-order valence-corrected chi connectivity index (χ2v) is 3.51. The first-order valence-electron chi connectivity index (χ1n) is 4.71. The predicted octanol–water partition coefficient (Wildman–Crippen LogP) is -0.358. The number of hydrogen-bond donors (Lipinski definition) is 4. The molecule has 0 radical (unpaired) electrons. The number of rotatable bonds is 7. The molecule has 0 amide bonds. The zero-order chi connectivity index (χ0) is 10.3. The van der Waals surface area contributed by atoms with Crippen LogP contribution in [0.1, 0.15) is 32.6 Å². The van der Waals surface area contributed by atoms with Crippen LogP contribution in [-0.2, 0) is 0 Å². The molecule has 80 valence electrons. The van der Waals surface area contributed by atoms with Crippen LogP contribution in [0.3, 0.4) is 0 Å². The number of aliphatic hydroxyl groups excluding tert-OH is 4. The van der Waals surface area contributed by atoms with E-state index in [4.69, 9.17) is 15.3 Å². The van der Waals surface area contributed by atoms with E-state index in [-0.39, 0.29) is 6.61 Å². The van der Waals surface area contributed by atoms with Gasteiger partial charge in [0, 0.05) is 0 Å². The summed E-state index contributed by atoms with van der Waals surface area (Å²) in [4.78, 5) is 0. The Bertz CT molecular complexity index is 116. The van der Waals surface area contributed by atoms with Gasteiger partial charge in [0.25, 0.3) is 0 Å². The molecule has 3 unspecified atom stereocenters. The van der Waals surface area contributed by atoms with Gasteiger partial charge in [-0.05, 0) is 32.6 Å². The highest BCUT2D eigenvalue weighted by atomic mass is 16.3. The van der Waals surface area contributed by atoms with Gasteiger partial charge in [0.15, 0.2) is 0 Å². The Kier molecular flexibility index (Phi) is 7.17. The van der Waals surface area contributed by atoms with Gasteiger partial charge in [-0.25, -0.2) is 0 Å². The van der Waals surface area contributed by atoms with Gasteiger partial charge in [-0.3, -0.25) is 0 Å². The summed E-state index contributed by atoms with van der Waals surface area (Å²) >= 11 is 0. The molecular weight excluding hydrogens is 172 g/mol. The third kappa shape index (κ3) is 8.18. The number of hydrogen-bond acceptors (Lipinski definition) is 4. The van der Waals surface area contributed by atoms with Gasteiger partial charge in [0.2, 0.25) is 0 Å². The molecular formula is C9H20O4. The molecule has 0 aliphatic rings. The Labute approximate surface area is 78.8 Å². The highest BCUT2D eigenvalue weighted by molar-refractivity contribution is 4.61. The summed E-state index contributed by atoms with van der Waals surface area (Å²) in [5.41, 5.74) is 0. The lowest BCUT2D eigenvalue weighted by Crippen LogP contribution is -2.17. The lowest BCUT2D eigenvalue weighted by molar-refractivity contribution is 0.0663. The summed E-state index contributed by atoms with van der Waals surface area (Å²) in [5.74, 6) is 0. The van der Waals surface area contributed by atoms with E-state index in [0.29, 0.717) is 25.7 Å². The second kappa shape index (κ2) is 7.26. The van der Waals surface area contributed by atoms with Crippen LogP contribution < -0.4 is 0 Å². The van der Waals surface area contributed by atoms with Crippen molar-refractivity contribution in [2.45, 2.75) is 50.9 Å². The van der Waals surface area contributed by atoms with E-state index in [2.05, 4.69) is 0 Å². The minimum absolute atomic E-state index is 0.230. The summed E-state index contributed by atoms with van der Waals surface area (Å²) in [7, 11) is 0. The SMILES string of the molecule is CC(O)CC(O)CCCC(O)CO. The van der Waals surface area contributed by atoms with Gasteiger partial charge in [-0.15, -0.1) is 0 Å². The fourth-order valence-electron chi connectivity index (χ4n) is 1.19. The third-order valence-electron chi connectivity index (χ3n) is 1.90. The molecule has 0 aliphatic carbocycles. The molecule has 0 rings (SSSR count). The summed E-state index contributed by atoms with van der Waals surface area (Å²) in [6.45, 7) is 1.40. The maximum Gasteiger partial charge on any atom is 0.0771 e. The molecule has 0 heterocycles. The maximum absolute atomic E-state index is 9.30. The lowest BCUT2D eigenvalue weighted by atomic mass is 10.0. The molecule has 0 saturated carbocycles. The Morgan fingerprint density at radius 3 is 2.00 bits per heavy atom. The van der Waals surface area contributed by atoms with Gasteiger partial charge in [0.05, 0.1) is 24.9 Å². The first-order chi connectivity index (χ1) is 6.06. The predicted molar refractivity (Wildman–Crippen MR) is 49.2 cm³/mol. The average molecular weight is 192 g/mol. The zero-order valence-corrected chi connectivity index (χ0v) is 8.06. The van der Waals surface area contributed by atoms with Crippen molar-refractivity contribution in [2.24, 2.45) is 0 Å². The molecule has 4 nitrogen and oxygen atoms in total. The van der Waals surface area contributed by atoms with Crippen molar-refractivity contribution in [3.05, 3.63) is 0 Å². The zero-order valence-electron chi connectivity index (χ0n) is 8.06. The molecule has 0 aromatic rings. The number of aliphatic hydroxyl groups is 4. The van der Waals surface area contributed by atoms with Crippen LogP contribution in [0.2, 0.25) is 0 Å². The van der Waals surface area contributed by atoms with Crippen LogP contribution >= 0.6 is 0 Å². The molecule has 0 saturated heterocycles. The van der Waals surface area contributed by atoms with Crippen LogP contribution in [0.5, 0.6) is 0 Å². The topological polar surface area (TPSA) is 80.9 Å². The molecule has 4 heteroatoms. The lowest BCUT2D eigenvalue weighted by Gasteiger charge is -2.13. The van der Waals surface area contributed by atoms with Crippen molar-refractivity contribution in [1.29, 1.82) is 0 Å². The minimum atomic E-state index is -0.682. The van der Waals surface area contributed by atoms with Crippen LogP contribution in [0.25, 0.3) is 0 Å². The summed E-state index contributed by atoms with van der Waals surface area (Å²) in [5, 5.41) is 35.7. The average Bonchev–Trinajstić information content (AvgIpc) is 2.02. The van der Waals surface area contributed by atoms with Crippen molar-refractivity contribution in [1.82, 2.24) is 0 Å². The monoisotopic (exact) mass is 192 g/mol. The first kappa shape index (κ1) is 12.8. The van der Waals surface area contributed by atoms with E-state index in [1.807, 2.05) is 0 Å². The van der Waals surface area contributed by atoms with E-state index in [1.165, 1.54) is 0 Å². The van der Waals surface area contributed by atoms with Crippen LogP contribution in [0, 0.1) is 0 Å². The fourth-order valence-corrected chi connectivity index (χ4v) is 1.19. The molecule has 4 N–H and O–H groups in total. The highest BCUT2D eigenvalue weighted by Crippen LogP contribution is 2.08. The molecule has 0 spiro atoms. The van der Waals surface area contributed by atoms with Crippen molar-refractivity contribution in [3.63, 3.8) is 0 Å². The van der Waals surface area contributed by atoms with E-state index in [1.54, 1.807) is 6.92 Å². The second-order valence-electron chi connectivity index (χ2n) is 3.51. The van der Waals surface area contributed by atoms with E-state index in [9.17, 15) is 5.11 Å². The third-order valence-corrected chi connectivity index (χ3v) is 1.90.